The molecule has 0 saturated carbocycles. The molecule has 2 N–H and O–H groups in total. The van der Waals surface area contributed by atoms with Crippen LogP contribution in [0.5, 0.6) is 11.5 Å². The molecule has 2 rings (SSSR count). The second-order valence-electron chi connectivity index (χ2n) is 3.79. The zero-order chi connectivity index (χ0) is 12.1. The predicted octanol–water partition coefficient (Wildman–Crippen LogP) is 2.08. The standard InChI is InChI=1S/C13H15N3O/c1-10-3-2-4-11(7-10)17-12-8-15-13(5-6-14)16-9-12/h2-4,7-9H,5-6,14H2,1H3. The van der Waals surface area contributed by atoms with E-state index in [1.54, 1.807) is 12.4 Å². The topological polar surface area (TPSA) is 61.0 Å². The van der Waals surface area contributed by atoms with Crippen molar-refractivity contribution < 1.29 is 4.74 Å². The molecule has 4 heteroatoms. The summed E-state index contributed by atoms with van der Waals surface area (Å²) in [5.41, 5.74) is 6.58. The van der Waals surface area contributed by atoms with E-state index in [4.69, 9.17) is 10.5 Å². The van der Waals surface area contributed by atoms with E-state index in [-0.39, 0.29) is 0 Å². The van der Waals surface area contributed by atoms with E-state index in [1.165, 1.54) is 0 Å². The summed E-state index contributed by atoms with van der Waals surface area (Å²) in [7, 11) is 0. The van der Waals surface area contributed by atoms with Crippen molar-refractivity contribution in [1.29, 1.82) is 0 Å². The van der Waals surface area contributed by atoms with Gasteiger partial charge in [0.25, 0.3) is 0 Å². The van der Waals surface area contributed by atoms with E-state index in [2.05, 4.69) is 9.97 Å². The molecule has 0 bridgehead atoms. The zero-order valence-corrected chi connectivity index (χ0v) is 9.76. The Morgan fingerprint density at radius 3 is 2.59 bits per heavy atom. The van der Waals surface area contributed by atoms with Gasteiger partial charge in [-0.3, -0.25) is 0 Å². The van der Waals surface area contributed by atoms with E-state index in [0.29, 0.717) is 18.7 Å². The van der Waals surface area contributed by atoms with E-state index in [0.717, 1.165) is 17.1 Å². The summed E-state index contributed by atoms with van der Waals surface area (Å²) in [5, 5.41) is 0. The van der Waals surface area contributed by atoms with Crippen LogP contribution in [0.4, 0.5) is 0 Å². The van der Waals surface area contributed by atoms with Crippen molar-refractivity contribution in [3.8, 4) is 11.5 Å². The SMILES string of the molecule is Cc1cccc(Oc2cnc(CCN)nc2)c1. The summed E-state index contributed by atoms with van der Waals surface area (Å²) in [4.78, 5) is 8.34. The first-order valence-corrected chi connectivity index (χ1v) is 5.53. The molecule has 0 aliphatic heterocycles. The molecule has 1 aromatic heterocycles. The Balaban J connectivity index is 2.08. The molecule has 1 aromatic carbocycles. The second-order valence-corrected chi connectivity index (χ2v) is 3.79. The highest BCUT2D eigenvalue weighted by Crippen LogP contribution is 2.20. The van der Waals surface area contributed by atoms with Crippen LogP contribution in [0.3, 0.4) is 0 Å². The molecular weight excluding hydrogens is 214 g/mol. The van der Waals surface area contributed by atoms with Crippen LogP contribution in [-0.4, -0.2) is 16.5 Å². The summed E-state index contributed by atoms with van der Waals surface area (Å²) in [6.07, 6.45) is 4.02. The lowest BCUT2D eigenvalue weighted by Crippen LogP contribution is -2.06. The quantitative estimate of drug-likeness (QED) is 0.872. The maximum Gasteiger partial charge on any atom is 0.164 e. The van der Waals surface area contributed by atoms with Crippen molar-refractivity contribution in [2.24, 2.45) is 5.73 Å². The minimum absolute atomic E-state index is 0.554. The molecule has 4 nitrogen and oxygen atoms in total. The molecule has 17 heavy (non-hydrogen) atoms. The minimum Gasteiger partial charge on any atom is -0.454 e. The maximum atomic E-state index is 5.64. The third-order valence-corrected chi connectivity index (χ3v) is 2.27. The third-order valence-electron chi connectivity index (χ3n) is 2.27. The molecule has 88 valence electrons. The predicted molar refractivity (Wildman–Crippen MR) is 66.0 cm³/mol. The van der Waals surface area contributed by atoms with Gasteiger partial charge in [-0.25, -0.2) is 9.97 Å². The molecule has 0 atom stereocenters. The molecule has 0 aliphatic rings. The van der Waals surface area contributed by atoms with E-state index in [1.807, 2.05) is 31.2 Å². The van der Waals surface area contributed by atoms with E-state index in [9.17, 15) is 0 Å². The Kier molecular flexibility index (Phi) is 3.67. The lowest BCUT2D eigenvalue weighted by Gasteiger charge is -2.05. The highest BCUT2D eigenvalue weighted by Gasteiger charge is 2.00. The van der Waals surface area contributed by atoms with Crippen molar-refractivity contribution in [2.45, 2.75) is 13.3 Å². The van der Waals surface area contributed by atoms with Gasteiger partial charge in [0.15, 0.2) is 5.75 Å². The fourth-order valence-electron chi connectivity index (χ4n) is 1.47. The highest BCUT2D eigenvalue weighted by atomic mass is 16.5. The molecule has 2 aromatic rings. The van der Waals surface area contributed by atoms with Gasteiger partial charge in [0.05, 0.1) is 12.4 Å². The van der Waals surface area contributed by atoms with Crippen LogP contribution in [-0.2, 0) is 6.42 Å². The van der Waals surface area contributed by atoms with Gasteiger partial charge in [-0.15, -0.1) is 0 Å². The first kappa shape index (κ1) is 11.5. The van der Waals surface area contributed by atoms with Crippen LogP contribution in [0, 0.1) is 6.92 Å². The van der Waals surface area contributed by atoms with Gasteiger partial charge in [0, 0.05) is 6.42 Å². The molecule has 0 spiro atoms. The third kappa shape index (κ3) is 3.26. The minimum atomic E-state index is 0.554. The summed E-state index contributed by atoms with van der Waals surface area (Å²) < 4.78 is 5.64. The van der Waals surface area contributed by atoms with Gasteiger partial charge in [-0.05, 0) is 31.2 Å². The molecule has 0 aliphatic carbocycles. The average molecular weight is 229 g/mol. The maximum absolute atomic E-state index is 5.64. The molecule has 0 saturated heterocycles. The Bertz CT molecular complexity index is 482. The van der Waals surface area contributed by atoms with Crippen LogP contribution in [0.1, 0.15) is 11.4 Å². The van der Waals surface area contributed by atoms with Crippen LogP contribution >= 0.6 is 0 Å². The van der Waals surface area contributed by atoms with Gasteiger partial charge in [-0.2, -0.15) is 0 Å². The van der Waals surface area contributed by atoms with Crippen LogP contribution < -0.4 is 10.5 Å². The smallest absolute Gasteiger partial charge is 0.164 e. The Morgan fingerprint density at radius 2 is 1.94 bits per heavy atom. The van der Waals surface area contributed by atoms with E-state index < -0.39 is 0 Å². The first-order chi connectivity index (χ1) is 8.28. The molecule has 0 unspecified atom stereocenters. The fraction of sp³-hybridized carbons (Fsp3) is 0.231. The summed E-state index contributed by atoms with van der Waals surface area (Å²) in [6.45, 7) is 2.58. The lowest BCUT2D eigenvalue weighted by atomic mass is 10.2. The van der Waals surface area contributed by atoms with Gasteiger partial charge in [0.2, 0.25) is 0 Å². The number of hydrogen-bond donors (Lipinski definition) is 1. The number of benzene rings is 1. The van der Waals surface area contributed by atoms with Crippen molar-refractivity contribution in [3.63, 3.8) is 0 Å². The number of nitrogens with two attached hydrogens (primary N) is 1. The van der Waals surface area contributed by atoms with Gasteiger partial charge in [0.1, 0.15) is 11.6 Å². The number of ether oxygens (including phenoxy) is 1. The van der Waals surface area contributed by atoms with Gasteiger partial charge < -0.3 is 10.5 Å². The number of nitrogens with zero attached hydrogens (tertiary/aromatic N) is 2. The van der Waals surface area contributed by atoms with Gasteiger partial charge >= 0.3 is 0 Å². The zero-order valence-electron chi connectivity index (χ0n) is 9.76. The number of rotatable bonds is 4. The highest BCUT2D eigenvalue weighted by molar-refractivity contribution is 5.31. The van der Waals surface area contributed by atoms with Crippen LogP contribution in [0.2, 0.25) is 0 Å². The van der Waals surface area contributed by atoms with Crippen LogP contribution in [0.25, 0.3) is 0 Å². The Hall–Kier alpha value is -1.94. The normalized spacial score (nSPS) is 10.2. The second kappa shape index (κ2) is 5.41. The number of aromatic nitrogens is 2. The average Bonchev–Trinajstić information content (AvgIpc) is 2.32. The van der Waals surface area contributed by atoms with Crippen molar-refractivity contribution >= 4 is 0 Å². The largest absolute Gasteiger partial charge is 0.454 e. The molecule has 0 radical (unpaired) electrons. The molecule has 1 heterocycles. The van der Waals surface area contributed by atoms with Crippen LogP contribution in [0.15, 0.2) is 36.7 Å². The monoisotopic (exact) mass is 229 g/mol. The lowest BCUT2D eigenvalue weighted by molar-refractivity contribution is 0.476. The number of aryl methyl sites for hydroxylation is 1. The fourth-order valence-corrected chi connectivity index (χ4v) is 1.47. The molecule has 0 amide bonds. The summed E-state index contributed by atoms with van der Waals surface area (Å²) in [5.74, 6) is 2.17. The summed E-state index contributed by atoms with van der Waals surface area (Å²) in [6, 6.07) is 7.84. The van der Waals surface area contributed by atoms with Crippen molar-refractivity contribution in [3.05, 3.63) is 48.0 Å². The first-order valence-electron chi connectivity index (χ1n) is 5.53. The van der Waals surface area contributed by atoms with E-state index >= 15 is 0 Å². The molecular formula is C13H15N3O. The van der Waals surface area contributed by atoms with Gasteiger partial charge in [-0.1, -0.05) is 12.1 Å². The Labute approximate surface area is 100 Å². The van der Waals surface area contributed by atoms with Crippen molar-refractivity contribution in [1.82, 2.24) is 9.97 Å². The van der Waals surface area contributed by atoms with Crippen molar-refractivity contribution in [2.75, 3.05) is 6.54 Å². The molecule has 0 fully saturated rings. The Morgan fingerprint density at radius 1 is 1.18 bits per heavy atom. The summed E-state index contributed by atoms with van der Waals surface area (Å²) >= 11 is 0. The number of hydrogen-bond acceptors (Lipinski definition) is 4.